The van der Waals surface area contributed by atoms with Gasteiger partial charge >= 0.3 is 0 Å². The molecule has 2 aromatic carbocycles. The van der Waals surface area contributed by atoms with Crippen LogP contribution < -0.4 is 16.2 Å². The van der Waals surface area contributed by atoms with Crippen LogP contribution in [0.15, 0.2) is 54.6 Å². The van der Waals surface area contributed by atoms with Gasteiger partial charge in [0.05, 0.1) is 18.7 Å². The summed E-state index contributed by atoms with van der Waals surface area (Å²) in [6, 6.07) is 19.3. The Morgan fingerprint density at radius 1 is 1.21 bits per heavy atom. The Morgan fingerprint density at radius 3 is 2.53 bits per heavy atom. The number of hydrogen-bond donors (Lipinski definition) is 2. The fourth-order valence-corrected chi connectivity index (χ4v) is 4.79. The van der Waals surface area contributed by atoms with Gasteiger partial charge in [0.1, 0.15) is 28.6 Å². The Hall–Kier alpha value is -3.83. The van der Waals surface area contributed by atoms with Gasteiger partial charge in [-0.2, -0.15) is 10.4 Å². The van der Waals surface area contributed by atoms with Crippen molar-refractivity contribution in [2.24, 2.45) is 11.7 Å². The van der Waals surface area contributed by atoms with Crippen LogP contribution in [0.2, 0.25) is 0 Å². The Morgan fingerprint density at radius 2 is 1.88 bits per heavy atom. The fourth-order valence-electron chi connectivity index (χ4n) is 4.79. The lowest BCUT2D eigenvalue weighted by Crippen LogP contribution is -2.32. The summed E-state index contributed by atoms with van der Waals surface area (Å²) in [7, 11) is 0. The summed E-state index contributed by atoms with van der Waals surface area (Å²) in [5.74, 6) is 1.59. The molecule has 3 unspecified atom stereocenters. The zero-order valence-corrected chi connectivity index (χ0v) is 19.5. The number of nitriles is 1. The van der Waals surface area contributed by atoms with E-state index in [1.165, 1.54) is 0 Å². The highest BCUT2D eigenvalue weighted by Gasteiger charge is 2.32. The van der Waals surface area contributed by atoms with Crippen molar-refractivity contribution in [3.05, 3.63) is 60.2 Å². The third kappa shape index (κ3) is 4.90. The molecule has 1 fully saturated rings. The molecule has 0 saturated carbocycles. The lowest BCUT2D eigenvalue weighted by molar-refractivity contribution is 0.100. The van der Waals surface area contributed by atoms with Gasteiger partial charge in [0.2, 0.25) is 0 Å². The van der Waals surface area contributed by atoms with Gasteiger partial charge in [-0.15, -0.1) is 0 Å². The number of likely N-dealkylation sites (tertiary alicyclic amines) is 1. The lowest BCUT2D eigenvalue weighted by atomic mass is 10.0. The van der Waals surface area contributed by atoms with Crippen LogP contribution in [0.25, 0.3) is 11.3 Å². The van der Waals surface area contributed by atoms with E-state index in [-0.39, 0.29) is 23.5 Å². The molecule has 4 rings (SSSR count). The zero-order valence-electron chi connectivity index (χ0n) is 19.5. The third-order valence-electron chi connectivity index (χ3n) is 6.34. The molecule has 0 radical (unpaired) electrons. The van der Waals surface area contributed by atoms with Crippen LogP contribution >= 0.6 is 0 Å². The maximum Gasteiger partial charge on any atom is 0.254 e. The number of nitrogen functional groups attached to an aromatic ring is 1. The van der Waals surface area contributed by atoms with E-state index < -0.39 is 5.91 Å². The van der Waals surface area contributed by atoms with Crippen LogP contribution in [0, 0.1) is 17.2 Å². The highest BCUT2D eigenvalue weighted by atomic mass is 16.5. The standard InChI is InChI=1S/C26H30N6O2/c1-17-14-20(31(16-17)13-12-27)15-18(2)32-25(28)23(26(29)33)24(30-32)19-8-10-22(11-9-19)34-21-6-4-3-5-7-21/h3-11,17-18,20H,13-16,28H2,1-2H3,(H2,29,33). The molecule has 1 amide bonds. The van der Waals surface area contributed by atoms with Gasteiger partial charge in [0.25, 0.3) is 5.91 Å². The number of rotatable bonds is 8. The van der Waals surface area contributed by atoms with Crippen LogP contribution in [0.5, 0.6) is 11.5 Å². The molecule has 8 heteroatoms. The molecular formula is C26H30N6O2. The minimum absolute atomic E-state index is 0.0657. The number of anilines is 1. The largest absolute Gasteiger partial charge is 0.457 e. The third-order valence-corrected chi connectivity index (χ3v) is 6.34. The molecule has 2 heterocycles. The highest BCUT2D eigenvalue weighted by Crippen LogP contribution is 2.34. The van der Waals surface area contributed by atoms with E-state index in [2.05, 4.69) is 17.9 Å². The Balaban J connectivity index is 1.58. The molecule has 0 spiro atoms. The van der Waals surface area contributed by atoms with Crippen molar-refractivity contribution in [1.29, 1.82) is 5.26 Å². The van der Waals surface area contributed by atoms with E-state index in [4.69, 9.17) is 26.6 Å². The van der Waals surface area contributed by atoms with Gasteiger partial charge in [-0.1, -0.05) is 25.1 Å². The molecule has 176 valence electrons. The number of aromatic nitrogens is 2. The number of amides is 1. The Labute approximate surface area is 199 Å². The van der Waals surface area contributed by atoms with Crippen LogP contribution in [-0.2, 0) is 0 Å². The molecular weight excluding hydrogens is 428 g/mol. The van der Waals surface area contributed by atoms with E-state index in [9.17, 15) is 4.79 Å². The number of primary amides is 1. The second-order valence-electron chi connectivity index (χ2n) is 9.02. The van der Waals surface area contributed by atoms with Crippen LogP contribution in [0.4, 0.5) is 5.82 Å². The van der Waals surface area contributed by atoms with Crippen LogP contribution in [0.3, 0.4) is 0 Å². The number of carbonyl (C=O) groups is 1. The molecule has 3 atom stereocenters. The summed E-state index contributed by atoms with van der Waals surface area (Å²) in [4.78, 5) is 14.5. The molecule has 1 aromatic heterocycles. The van der Waals surface area contributed by atoms with Crippen molar-refractivity contribution in [3.63, 3.8) is 0 Å². The predicted octanol–water partition coefficient (Wildman–Crippen LogP) is 4.21. The second-order valence-corrected chi connectivity index (χ2v) is 9.02. The average molecular weight is 459 g/mol. The smallest absolute Gasteiger partial charge is 0.254 e. The second kappa shape index (κ2) is 9.98. The van der Waals surface area contributed by atoms with Crippen molar-refractivity contribution < 1.29 is 9.53 Å². The van der Waals surface area contributed by atoms with E-state index in [1.54, 1.807) is 4.68 Å². The molecule has 34 heavy (non-hydrogen) atoms. The predicted molar refractivity (Wildman–Crippen MR) is 131 cm³/mol. The molecule has 0 aliphatic carbocycles. The van der Waals surface area contributed by atoms with Crippen molar-refractivity contribution >= 4 is 11.7 Å². The van der Waals surface area contributed by atoms with Gasteiger partial charge in [-0.3, -0.25) is 9.69 Å². The molecule has 1 aliphatic heterocycles. The van der Waals surface area contributed by atoms with Crippen molar-refractivity contribution in [1.82, 2.24) is 14.7 Å². The maximum atomic E-state index is 12.3. The van der Waals surface area contributed by atoms with Crippen LogP contribution in [0.1, 0.15) is 43.1 Å². The number of hydrogen-bond acceptors (Lipinski definition) is 6. The Bertz CT molecular complexity index is 1180. The summed E-state index contributed by atoms with van der Waals surface area (Å²) < 4.78 is 7.55. The quantitative estimate of drug-likeness (QED) is 0.488. The van der Waals surface area contributed by atoms with E-state index >= 15 is 0 Å². The molecule has 4 N–H and O–H groups in total. The number of benzene rings is 2. The minimum Gasteiger partial charge on any atom is -0.457 e. The van der Waals surface area contributed by atoms with Gasteiger partial charge in [0, 0.05) is 18.2 Å². The van der Waals surface area contributed by atoms with Crippen LogP contribution in [-0.4, -0.2) is 39.7 Å². The fraction of sp³-hybridized carbons (Fsp3) is 0.346. The zero-order chi connectivity index (χ0) is 24.2. The first-order chi connectivity index (χ1) is 16.4. The first-order valence-electron chi connectivity index (χ1n) is 11.5. The van der Waals surface area contributed by atoms with E-state index in [0.717, 1.165) is 30.7 Å². The number of nitrogens with zero attached hydrogens (tertiary/aromatic N) is 4. The van der Waals surface area contributed by atoms with Crippen molar-refractivity contribution in [3.8, 4) is 28.8 Å². The lowest BCUT2D eigenvalue weighted by Gasteiger charge is -2.25. The highest BCUT2D eigenvalue weighted by molar-refractivity contribution is 6.03. The number of carbonyl (C=O) groups excluding carboxylic acids is 1. The van der Waals surface area contributed by atoms with Crippen molar-refractivity contribution in [2.75, 3.05) is 18.8 Å². The molecule has 3 aromatic rings. The number of para-hydroxylation sites is 1. The SMILES string of the molecule is CC1CC(CC(C)n2nc(-c3ccc(Oc4ccccc4)cc3)c(C(N)=O)c2N)N(CC#N)C1. The first kappa shape index (κ1) is 23.3. The summed E-state index contributed by atoms with van der Waals surface area (Å²) in [6.07, 6.45) is 1.80. The summed E-state index contributed by atoms with van der Waals surface area (Å²) in [6.45, 7) is 5.55. The topological polar surface area (TPSA) is 123 Å². The van der Waals surface area contributed by atoms with Gasteiger partial charge in [0.15, 0.2) is 0 Å². The molecule has 0 bridgehead atoms. The van der Waals surface area contributed by atoms with Gasteiger partial charge < -0.3 is 16.2 Å². The Kier molecular flexibility index (Phi) is 6.85. The average Bonchev–Trinajstić information content (AvgIpc) is 3.34. The first-order valence-corrected chi connectivity index (χ1v) is 11.5. The minimum atomic E-state index is -0.615. The van der Waals surface area contributed by atoms with Crippen molar-refractivity contribution in [2.45, 2.75) is 38.8 Å². The van der Waals surface area contributed by atoms with E-state index in [1.807, 2.05) is 61.5 Å². The summed E-state index contributed by atoms with van der Waals surface area (Å²) >= 11 is 0. The van der Waals surface area contributed by atoms with E-state index in [0.29, 0.717) is 23.9 Å². The number of ether oxygens (including phenoxy) is 1. The van der Waals surface area contributed by atoms with Gasteiger partial charge in [-0.05, 0) is 62.1 Å². The molecule has 8 nitrogen and oxygen atoms in total. The van der Waals surface area contributed by atoms with Gasteiger partial charge in [-0.25, -0.2) is 4.68 Å². The maximum absolute atomic E-state index is 12.3. The number of nitrogens with two attached hydrogens (primary N) is 2. The normalized spacial score (nSPS) is 19.0. The molecule has 1 saturated heterocycles. The summed E-state index contributed by atoms with van der Waals surface area (Å²) in [5, 5.41) is 13.9. The summed E-state index contributed by atoms with van der Waals surface area (Å²) in [5.41, 5.74) is 13.5. The monoisotopic (exact) mass is 458 g/mol. The molecule has 1 aliphatic rings.